The number of fused-ring (bicyclic) bond motifs is 1. The zero-order valence-corrected chi connectivity index (χ0v) is 12.2. The molecular weight excluding hydrogens is 246 g/mol. The van der Waals surface area contributed by atoms with Crippen molar-refractivity contribution in [2.75, 3.05) is 6.54 Å². The van der Waals surface area contributed by atoms with Gasteiger partial charge >= 0.3 is 0 Å². The average molecular weight is 271 g/mol. The first-order chi connectivity index (χ1) is 9.84. The first kappa shape index (κ1) is 13.8. The molecule has 2 unspecified atom stereocenters. The molecule has 0 bridgehead atoms. The van der Waals surface area contributed by atoms with Gasteiger partial charge in [-0.2, -0.15) is 0 Å². The number of hydrogen-bond acceptors (Lipinski definition) is 2. The Bertz CT molecular complexity index is 460. The van der Waals surface area contributed by atoms with Crippen LogP contribution in [0.4, 0.5) is 0 Å². The largest absolute Gasteiger partial charge is 0.307 e. The van der Waals surface area contributed by atoms with E-state index in [1.165, 1.54) is 49.7 Å². The van der Waals surface area contributed by atoms with E-state index in [1.807, 2.05) is 0 Å². The van der Waals surface area contributed by atoms with Gasteiger partial charge in [0.25, 0.3) is 0 Å². The number of aryl methyl sites for hydroxylation is 1. The molecule has 1 fully saturated rings. The van der Waals surface area contributed by atoms with Gasteiger partial charge in [0.2, 0.25) is 0 Å². The number of nitrogens with one attached hydrogen (secondary N) is 1. The molecule has 0 radical (unpaired) electrons. The van der Waals surface area contributed by atoms with Crippen LogP contribution < -0.4 is 5.32 Å². The molecular formula is C18H25NO. The van der Waals surface area contributed by atoms with Crippen molar-refractivity contribution >= 4 is 5.78 Å². The number of Topliss-reactive ketones (excluding diaryl/α,β-unsaturated/α-hetero) is 1. The maximum absolute atomic E-state index is 12.6. The van der Waals surface area contributed by atoms with E-state index in [1.54, 1.807) is 0 Å². The Morgan fingerprint density at radius 1 is 1.10 bits per heavy atom. The third-order valence-electron chi connectivity index (χ3n) is 4.89. The Kier molecular flexibility index (Phi) is 4.51. The summed E-state index contributed by atoms with van der Waals surface area (Å²) in [5.74, 6) is 0.895. The fourth-order valence-corrected chi connectivity index (χ4v) is 3.76. The van der Waals surface area contributed by atoms with Gasteiger partial charge in [-0.05, 0) is 55.7 Å². The third-order valence-corrected chi connectivity index (χ3v) is 4.89. The summed E-state index contributed by atoms with van der Waals surface area (Å²) in [7, 11) is 0. The molecule has 1 aromatic carbocycles. The van der Waals surface area contributed by atoms with Gasteiger partial charge in [0.1, 0.15) is 5.78 Å². The lowest BCUT2D eigenvalue weighted by atomic mass is 9.79. The van der Waals surface area contributed by atoms with Crippen molar-refractivity contribution in [2.24, 2.45) is 0 Å². The second kappa shape index (κ2) is 6.53. The zero-order valence-electron chi connectivity index (χ0n) is 12.2. The fourth-order valence-electron chi connectivity index (χ4n) is 3.76. The molecule has 2 atom stereocenters. The molecule has 2 aliphatic rings. The summed E-state index contributed by atoms with van der Waals surface area (Å²) < 4.78 is 0. The second-order valence-corrected chi connectivity index (χ2v) is 6.31. The minimum absolute atomic E-state index is 0.117. The van der Waals surface area contributed by atoms with Crippen LogP contribution in [0.1, 0.15) is 62.0 Å². The molecule has 0 saturated carbocycles. The van der Waals surface area contributed by atoms with Gasteiger partial charge in [-0.15, -0.1) is 0 Å². The molecule has 1 aliphatic carbocycles. The van der Waals surface area contributed by atoms with E-state index in [2.05, 4.69) is 29.6 Å². The molecule has 2 heteroatoms. The summed E-state index contributed by atoms with van der Waals surface area (Å²) in [4.78, 5) is 12.6. The van der Waals surface area contributed by atoms with Crippen molar-refractivity contribution in [3.05, 3.63) is 35.4 Å². The minimum Gasteiger partial charge on any atom is -0.307 e. The quantitative estimate of drug-likeness (QED) is 0.910. The summed E-state index contributed by atoms with van der Waals surface area (Å²) in [6.45, 7) is 1.01. The molecule has 3 rings (SSSR count). The highest BCUT2D eigenvalue weighted by molar-refractivity contribution is 5.84. The summed E-state index contributed by atoms with van der Waals surface area (Å²) in [6, 6.07) is 8.82. The number of benzene rings is 1. The molecule has 0 amide bonds. The van der Waals surface area contributed by atoms with Crippen LogP contribution in [0.3, 0.4) is 0 Å². The van der Waals surface area contributed by atoms with Crippen molar-refractivity contribution in [3.63, 3.8) is 0 Å². The maximum atomic E-state index is 12.6. The van der Waals surface area contributed by atoms with Crippen molar-refractivity contribution in [1.29, 1.82) is 0 Å². The number of carbonyl (C=O) groups excluding carboxylic acids is 1. The molecule has 0 spiro atoms. The molecule has 1 aliphatic heterocycles. The van der Waals surface area contributed by atoms with Gasteiger partial charge in [0.15, 0.2) is 0 Å². The van der Waals surface area contributed by atoms with Crippen LogP contribution in [0.2, 0.25) is 0 Å². The Hall–Kier alpha value is -1.15. The first-order valence-corrected chi connectivity index (χ1v) is 8.18. The SMILES string of the molecule is O=C(CC1CCCc2ccccc21)C1CCCCCN1. The van der Waals surface area contributed by atoms with Crippen molar-refractivity contribution < 1.29 is 4.79 Å². The van der Waals surface area contributed by atoms with Gasteiger partial charge in [-0.25, -0.2) is 0 Å². The Morgan fingerprint density at radius 2 is 2.00 bits per heavy atom. The molecule has 1 heterocycles. The normalized spacial score (nSPS) is 26.6. The standard InChI is InChI=1S/C18H25NO/c20-18(17-11-2-1-5-12-19-17)13-15-9-6-8-14-7-3-4-10-16(14)15/h3-4,7,10,15,17,19H,1-2,5-6,8-9,11-13H2. The molecule has 0 aromatic heterocycles. The van der Waals surface area contributed by atoms with Gasteiger partial charge in [0.05, 0.1) is 6.04 Å². The van der Waals surface area contributed by atoms with Crippen LogP contribution in [-0.2, 0) is 11.2 Å². The van der Waals surface area contributed by atoms with E-state index < -0.39 is 0 Å². The third kappa shape index (κ3) is 3.12. The van der Waals surface area contributed by atoms with E-state index in [0.29, 0.717) is 11.7 Å². The van der Waals surface area contributed by atoms with E-state index in [4.69, 9.17) is 0 Å². The zero-order chi connectivity index (χ0) is 13.8. The van der Waals surface area contributed by atoms with Crippen molar-refractivity contribution in [2.45, 2.75) is 63.3 Å². The number of rotatable bonds is 3. The number of ketones is 1. The van der Waals surface area contributed by atoms with Gasteiger partial charge in [-0.3, -0.25) is 4.79 Å². The minimum atomic E-state index is 0.117. The first-order valence-electron chi connectivity index (χ1n) is 8.18. The van der Waals surface area contributed by atoms with Crippen LogP contribution in [0.5, 0.6) is 0 Å². The van der Waals surface area contributed by atoms with Crippen LogP contribution in [0.25, 0.3) is 0 Å². The van der Waals surface area contributed by atoms with Crippen LogP contribution in [0.15, 0.2) is 24.3 Å². The topological polar surface area (TPSA) is 29.1 Å². The number of carbonyl (C=O) groups is 1. The van der Waals surface area contributed by atoms with Crippen LogP contribution >= 0.6 is 0 Å². The Morgan fingerprint density at radius 3 is 2.95 bits per heavy atom. The van der Waals surface area contributed by atoms with Crippen LogP contribution in [0, 0.1) is 0 Å². The van der Waals surface area contributed by atoms with Gasteiger partial charge in [0, 0.05) is 6.42 Å². The van der Waals surface area contributed by atoms with E-state index in [-0.39, 0.29) is 6.04 Å². The smallest absolute Gasteiger partial charge is 0.150 e. The van der Waals surface area contributed by atoms with E-state index in [0.717, 1.165) is 19.4 Å². The summed E-state index contributed by atoms with van der Waals surface area (Å²) in [5, 5.41) is 3.45. The van der Waals surface area contributed by atoms with E-state index in [9.17, 15) is 4.79 Å². The van der Waals surface area contributed by atoms with Gasteiger partial charge in [-0.1, -0.05) is 37.1 Å². The lowest BCUT2D eigenvalue weighted by molar-refractivity contribution is -0.121. The summed E-state index contributed by atoms with van der Waals surface area (Å²) in [6.07, 6.45) is 9.04. The molecule has 2 nitrogen and oxygen atoms in total. The van der Waals surface area contributed by atoms with Crippen LogP contribution in [-0.4, -0.2) is 18.4 Å². The Balaban J connectivity index is 1.67. The Labute approximate surface area is 122 Å². The lowest BCUT2D eigenvalue weighted by Gasteiger charge is -2.26. The maximum Gasteiger partial charge on any atom is 0.150 e. The monoisotopic (exact) mass is 271 g/mol. The predicted octanol–water partition coefficient (Wildman–Crippen LogP) is 3.60. The molecule has 1 saturated heterocycles. The fraction of sp³-hybridized carbons (Fsp3) is 0.611. The predicted molar refractivity (Wildman–Crippen MR) is 82.0 cm³/mol. The highest BCUT2D eigenvalue weighted by Crippen LogP contribution is 2.34. The summed E-state index contributed by atoms with van der Waals surface area (Å²) in [5.41, 5.74) is 2.89. The highest BCUT2D eigenvalue weighted by atomic mass is 16.1. The second-order valence-electron chi connectivity index (χ2n) is 6.31. The highest BCUT2D eigenvalue weighted by Gasteiger charge is 2.26. The molecule has 20 heavy (non-hydrogen) atoms. The van der Waals surface area contributed by atoms with Crippen molar-refractivity contribution in [3.8, 4) is 0 Å². The van der Waals surface area contributed by atoms with Gasteiger partial charge < -0.3 is 5.32 Å². The molecule has 1 N–H and O–H groups in total. The van der Waals surface area contributed by atoms with E-state index >= 15 is 0 Å². The van der Waals surface area contributed by atoms with Crippen molar-refractivity contribution in [1.82, 2.24) is 5.32 Å². The molecule has 108 valence electrons. The average Bonchev–Trinajstić information content (AvgIpc) is 2.77. The molecule has 1 aromatic rings. The lowest BCUT2D eigenvalue weighted by Crippen LogP contribution is -2.36. The number of hydrogen-bond donors (Lipinski definition) is 1. The summed E-state index contributed by atoms with van der Waals surface area (Å²) >= 11 is 0.